The smallest absolute Gasteiger partial charge is 0.342 e. The summed E-state index contributed by atoms with van der Waals surface area (Å²) in [7, 11) is -2.82. The lowest BCUT2D eigenvalue weighted by Gasteiger charge is -2.31. The minimum Gasteiger partial charge on any atom is -0.479 e. The Morgan fingerprint density at radius 3 is 2.20 bits per heavy atom. The summed E-state index contributed by atoms with van der Waals surface area (Å²) >= 11 is 0. The maximum absolute atomic E-state index is 14.1. The topological polar surface area (TPSA) is 231 Å². The molecular formula is C26H40N7O10P. The maximum atomic E-state index is 14.1. The van der Waals surface area contributed by atoms with E-state index in [1.165, 1.54) is 38.8 Å². The van der Waals surface area contributed by atoms with Crippen molar-refractivity contribution in [2.75, 3.05) is 19.5 Å². The Labute approximate surface area is 253 Å². The zero-order valence-electron chi connectivity index (χ0n) is 25.0. The first-order valence-electron chi connectivity index (χ1n) is 14.6. The Morgan fingerprint density at radius 1 is 1.14 bits per heavy atom. The van der Waals surface area contributed by atoms with Crippen molar-refractivity contribution in [1.29, 1.82) is 0 Å². The second-order valence-electron chi connectivity index (χ2n) is 11.6. The summed E-state index contributed by atoms with van der Waals surface area (Å²) in [6.07, 6.45) is 1.88. The van der Waals surface area contributed by atoms with Crippen LogP contribution < -0.4 is 20.6 Å². The van der Waals surface area contributed by atoms with Crippen LogP contribution in [-0.4, -0.2) is 97.5 Å². The molecule has 18 heteroatoms. The highest BCUT2D eigenvalue weighted by Crippen LogP contribution is 2.44. The minimum absolute atomic E-state index is 0.109. The van der Waals surface area contributed by atoms with E-state index < -0.39 is 62.3 Å². The zero-order valence-corrected chi connectivity index (χ0v) is 25.9. The van der Waals surface area contributed by atoms with E-state index in [-0.39, 0.29) is 35.2 Å². The molecule has 3 fully saturated rings. The normalized spacial score (nSPS) is 28.5. The van der Waals surface area contributed by atoms with Crippen LogP contribution in [0.3, 0.4) is 0 Å². The number of methoxy groups -OCH3 is 1. The molecule has 2 aromatic heterocycles. The fourth-order valence-corrected chi connectivity index (χ4v) is 6.82. The molecule has 0 radical (unpaired) electrons. The number of rotatable bonds is 13. The second-order valence-corrected chi connectivity index (χ2v) is 13.5. The van der Waals surface area contributed by atoms with Gasteiger partial charge in [-0.15, -0.1) is 0 Å². The van der Waals surface area contributed by atoms with Crippen molar-refractivity contribution in [2.45, 2.75) is 108 Å². The van der Waals surface area contributed by atoms with Gasteiger partial charge in [0.2, 0.25) is 11.8 Å². The number of nitrogens with two attached hydrogens (primary N) is 1. The predicted octanol–water partition coefficient (Wildman–Crippen LogP) is 0.699. The van der Waals surface area contributed by atoms with Gasteiger partial charge < -0.3 is 39.4 Å². The number of nitrogen functional groups attached to an aromatic ring is 1. The van der Waals surface area contributed by atoms with Gasteiger partial charge in [0, 0.05) is 0 Å². The molecule has 0 bridgehead atoms. The van der Waals surface area contributed by atoms with E-state index in [0.29, 0.717) is 0 Å². The van der Waals surface area contributed by atoms with Gasteiger partial charge in [-0.2, -0.15) is 9.97 Å². The first-order chi connectivity index (χ1) is 20.8. The first-order valence-corrected chi connectivity index (χ1v) is 16.2. The summed E-state index contributed by atoms with van der Waals surface area (Å²) in [6, 6.07) is -2.15. The third kappa shape index (κ3) is 6.68. The van der Waals surface area contributed by atoms with Gasteiger partial charge >= 0.3 is 19.6 Å². The summed E-state index contributed by atoms with van der Waals surface area (Å²) in [5.41, 5.74) is 4.34. The molecule has 3 heterocycles. The molecule has 6 unspecified atom stereocenters. The number of aliphatic hydroxyl groups is 2. The van der Waals surface area contributed by atoms with Crippen LogP contribution in [0.15, 0.2) is 6.33 Å². The van der Waals surface area contributed by atoms with Crippen molar-refractivity contribution in [3.8, 4) is 5.88 Å². The molecule has 0 aromatic carbocycles. The van der Waals surface area contributed by atoms with Gasteiger partial charge in [0.05, 0.1) is 20.0 Å². The number of ether oxygens (including phenoxy) is 4. The molecule has 6 N–H and O–H groups in total. The Kier molecular flexibility index (Phi) is 9.47. The highest BCUT2D eigenvalue weighted by atomic mass is 31.2. The number of fused-ring (bicyclic) bond motifs is 1. The van der Waals surface area contributed by atoms with E-state index in [9.17, 15) is 24.4 Å². The summed E-state index contributed by atoms with van der Waals surface area (Å²) in [5.74, 6) is -1.26. The zero-order chi connectivity index (χ0) is 31.8. The number of nitrogens with one attached hydrogen (secondary N) is 2. The second kappa shape index (κ2) is 12.8. The minimum atomic E-state index is -4.21. The third-order valence-corrected chi connectivity index (χ3v) is 10.1. The summed E-state index contributed by atoms with van der Waals surface area (Å²) in [6.45, 7) is 3.75. The Morgan fingerprint density at radius 2 is 1.70 bits per heavy atom. The van der Waals surface area contributed by atoms with Crippen LogP contribution in [-0.2, 0) is 32.9 Å². The Balaban J connectivity index is 1.32. The van der Waals surface area contributed by atoms with Gasteiger partial charge in [-0.3, -0.25) is 18.7 Å². The van der Waals surface area contributed by atoms with E-state index in [1.807, 2.05) is 0 Å². The average molecular weight is 642 g/mol. The summed E-state index contributed by atoms with van der Waals surface area (Å²) < 4.78 is 43.3. The molecule has 1 aliphatic heterocycles. The number of aromatic nitrogens is 4. The molecule has 17 nitrogen and oxygen atoms in total. The number of esters is 2. The molecule has 0 spiro atoms. The van der Waals surface area contributed by atoms with Crippen LogP contribution in [0, 0.1) is 0 Å². The van der Waals surface area contributed by atoms with E-state index in [0.717, 1.165) is 38.5 Å². The van der Waals surface area contributed by atoms with Crippen molar-refractivity contribution in [3.63, 3.8) is 0 Å². The van der Waals surface area contributed by atoms with Gasteiger partial charge in [-0.05, 0) is 59.3 Å². The van der Waals surface area contributed by atoms with Crippen LogP contribution in [0.1, 0.15) is 65.5 Å². The van der Waals surface area contributed by atoms with Crippen molar-refractivity contribution < 1.29 is 47.8 Å². The number of imidazole rings is 1. The van der Waals surface area contributed by atoms with Gasteiger partial charge in [0.15, 0.2) is 17.4 Å². The highest BCUT2D eigenvalue weighted by Gasteiger charge is 2.54. The lowest BCUT2D eigenvalue weighted by molar-refractivity contribution is -0.155. The summed E-state index contributed by atoms with van der Waals surface area (Å²) in [4.78, 5) is 37.7. The third-order valence-electron chi connectivity index (χ3n) is 8.13. The van der Waals surface area contributed by atoms with E-state index in [1.54, 1.807) is 0 Å². The Hall–Kier alpha value is -2.92. The highest BCUT2D eigenvalue weighted by molar-refractivity contribution is 7.54. The molecule has 2 aromatic rings. The van der Waals surface area contributed by atoms with E-state index >= 15 is 0 Å². The molecule has 244 valence electrons. The lowest BCUT2D eigenvalue weighted by atomic mass is 9.96. The number of carbonyl (C=O) groups is 2. The van der Waals surface area contributed by atoms with E-state index in [4.69, 9.17) is 29.2 Å². The Bertz CT molecular complexity index is 1370. The lowest BCUT2D eigenvalue weighted by Crippen LogP contribution is -2.46. The van der Waals surface area contributed by atoms with Gasteiger partial charge in [0.25, 0.3) is 0 Å². The van der Waals surface area contributed by atoms with Crippen LogP contribution in [0.4, 0.5) is 5.95 Å². The largest absolute Gasteiger partial charge is 0.479 e. The fraction of sp³-hybridized carbons (Fsp3) is 0.731. The van der Waals surface area contributed by atoms with Crippen LogP contribution in [0.25, 0.3) is 11.2 Å². The molecule has 6 atom stereocenters. The van der Waals surface area contributed by atoms with Gasteiger partial charge in [-0.1, -0.05) is 0 Å². The standard InChI is InChI=1S/C26H40N7O10P/c1-13(22(35)41-15-7-5-8-15)31-44(38,32-14(2)23(36)42-16-9-6-10-16)40-11-17-19(34)26(3,37)24(43-17)33-12-28-18-20(33)29-25(27)30-21(18)39-4/h12-17,19,24,34,37H,5-11H2,1-4H3,(H2,27,29,30)(H2,31,32,38). The summed E-state index contributed by atoms with van der Waals surface area (Å²) in [5, 5.41) is 27.6. The number of carbonyl (C=O) groups excluding carboxylic acids is 2. The number of nitrogens with zero attached hydrogens (tertiary/aromatic N) is 4. The van der Waals surface area contributed by atoms with Crippen molar-refractivity contribution >= 4 is 36.7 Å². The SMILES string of the molecule is COc1nc(N)nc2c1ncn2C1OC(COP(=O)(NC(C)C(=O)OC2CCC2)NC(C)C(=O)OC2CCC2)C(O)C1(C)O. The van der Waals surface area contributed by atoms with Crippen molar-refractivity contribution in [2.24, 2.45) is 0 Å². The number of hydrogen-bond donors (Lipinski definition) is 5. The predicted molar refractivity (Wildman–Crippen MR) is 153 cm³/mol. The number of hydrogen-bond acceptors (Lipinski definition) is 14. The fourth-order valence-electron chi connectivity index (χ4n) is 5.01. The number of aliphatic hydroxyl groups excluding tert-OH is 1. The van der Waals surface area contributed by atoms with Crippen molar-refractivity contribution in [3.05, 3.63) is 6.33 Å². The molecular weight excluding hydrogens is 601 g/mol. The average Bonchev–Trinajstić information content (AvgIpc) is 3.43. The monoisotopic (exact) mass is 641 g/mol. The van der Waals surface area contributed by atoms with Crippen LogP contribution in [0.2, 0.25) is 0 Å². The molecule has 2 saturated carbocycles. The van der Waals surface area contributed by atoms with Gasteiger partial charge in [0.1, 0.15) is 42.1 Å². The van der Waals surface area contributed by atoms with E-state index in [2.05, 4.69) is 25.1 Å². The van der Waals surface area contributed by atoms with Crippen molar-refractivity contribution in [1.82, 2.24) is 29.7 Å². The first kappa shape index (κ1) is 32.5. The quantitative estimate of drug-likeness (QED) is 0.150. The van der Waals surface area contributed by atoms with Gasteiger partial charge in [-0.25, -0.2) is 15.2 Å². The maximum Gasteiger partial charge on any atom is 0.342 e. The van der Waals surface area contributed by atoms with Crippen LogP contribution >= 0.6 is 7.67 Å². The molecule has 2 aliphatic carbocycles. The molecule has 5 rings (SSSR count). The molecule has 1 saturated heterocycles. The van der Waals surface area contributed by atoms with Crippen LogP contribution in [0.5, 0.6) is 5.88 Å². The molecule has 3 aliphatic rings. The number of anilines is 1. The molecule has 0 amide bonds. The molecule has 44 heavy (non-hydrogen) atoms.